The lowest BCUT2D eigenvalue weighted by atomic mass is 10.1. The van der Waals surface area contributed by atoms with Gasteiger partial charge in [-0.05, 0) is 12.7 Å². The summed E-state index contributed by atoms with van der Waals surface area (Å²) in [7, 11) is 3.26. The fourth-order valence-corrected chi connectivity index (χ4v) is 1.87. The largest absolute Gasteiger partial charge is 0.390 e. The molecule has 0 radical (unpaired) electrons. The van der Waals surface area contributed by atoms with Crippen LogP contribution in [-0.2, 0) is 14.3 Å². The van der Waals surface area contributed by atoms with Crippen molar-refractivity contribution in [3.8, 4) is 0 Å². The molecule has 118 valence electrons. The predicted molar refractivity (Wildman–Crippen MR) is 80.3 cm³/mol. The van der Waals surface area contributed by atoms with Crippen molar-refractivity contribution in [3.05, 3.63) is 0 Å². The van der Waals surface area contributed by atoms with E-state index >= 15 is 0 Å². The Labute approximate surface area is 125 Å². The lowest BCUT2D eigenvalue weighted by Crippen LogP contribution is -2.46. The van der Waals surface area contributed by atoms with Gasteiger partial charge < -0.3 is 19.6 Å². The Hall–Kier alpha value is -0.790. The first-order chi connectivity index (χ1) is 9.31. The Balaban J connectivity index is 4.43. The first kappa shape index (κ1) is 19.2. The second-order valence-electron chi connectivity index (χ2n) is 4.73. The van der Waals surface area contributed by atoms with Gasteiger partial charge in [0.25, 0.3) is 0 Å². The standard InChI is InChI=1S/C13H26N2O4S/c1-6-20-9-19-8-15(11(3)16)10(2)12(17)7-13(18)14(4)5/h10,12,17H,6-9H2,1-5H3. The van der Waals surface area contributed by atoms with Crippen LogP contribution in [0.25, 0.3) is 0 Å². The van der Waals surface area contributed by atoms with Gasteiger partial charge in [0, 0.05) is 21.0 Å². The molecule has 0 bridgehead atoms. The van der Waals surface area contributed by atoms with Crippen molar-refractivity contribution in [1.29, 1.82) is 0 Å². The molecule has 0 aromatic heterocycles. The number of rotatable bonds is 9. The van der Waals surface area contributed by atoms with Crippen molar-refractivity contribution in [3.63, 3.8) is 0 Å². The average Bonchev–Trinajstić information content (AvgIpc) is 2.37. The van der Waals surface area contributed by atoms with Gasteiger partial charge in [-0.15, -0.1) is 11.8 Å². The summed E-state index contributed by atoms with van der Waals surface area (Å²) in [6, 6.07) is -0.469. The van der Waals surface area contributed by atoms with E-state index in [1.165, 1.54) is 16.7 Å². The third-order valence-corrected chi connectivity index (χ3v) is 3.68. The Morgan fingerprint density at radius 3 is 2.40 bits per heavy atom. The summed E-state index contributed by atoms with van der Waals surface area (Å²) >= 11 is 1.61. The average molecular weight is 306 g/mol. The zero-order valence-electron chi connectivity index (χ0n) is 13.0. The molecule has 6 nitrogen and oxygen atoms in total. The van der Waals surface area contributed by atoms with E-state index in [-0.39, 0.29) is 25.0 Å². The SMILES string of the molecule is CCSCOCN(C(C)=O)C(C)C(O)CC(=O)N(C)C. The molecule has 0 aliphatic carbocycles. The molecular weight excluding hydrogens is 280 g/mol. The minimum Gasteiger partial charge on any atom is -0.390 e. The molecule has 0 spiro atoms. The van der Waals surface area contributed by atoms with E-state index < -0.39 is 12.1 Å². The third-order valence-electron chi connectivity index (χ3n) is 2.94. The Bertz CT molecular complexity index is 313. The van der Waals surface area contributed by atoms with Crippen LogP contribution in [0, 0.1) is 0 Å². The van der Waals surface area contributed by atoms with Crippen LogP contribution >= 0.6 is 11.8 Å². The summed E-state index contributed by atoms with van der Waals surface area (Å²) in [5.74, 6) is 1.08. The molecule has 2 unspecified atom stereocenters. The predicted octanol–water partition coefficient (Wildman–Crippen LogP) is 0.747. The first-order valence-electron chi connectivity index (χ1n) is 6.62. The summed E-state index contributed by atoms with van der Waals surface area (Å²) in [5, 5.41) is 10.1. The highest BCUT2D eigenvalue weighted by Crippen LogP contribution is 2.10. The lowest BCUT2D eigenvalue weighted by molar-refractivity contribution is -0.143. The number of ether oxygens (including phenoxy) is 1. The highest BCUT2D eigenvalue weighted by atomic mass is 32.2. The van der Waals surface area contributed by atoms with Gasteiger partial charge in [0.2, 0.25) is 11.8 Å². The third kappa shape index (κ3) is 7.12. The first-order valence-corrected chi connectivity index (χ1v) is 7.77. The van der Waals surface area contributed by atoms with Crippen molar-refractivity contribution in [1.82, 2.24) is 9.80 Å². The summed E-state index contributed by atoms with van der Waals surface area (Å²) in [4.78, 5) is 26.0. The number of carbonyl (C=O) groups is 2. The van der Waals surface area contributed by atoms with Gasteiger partial charge in [-0.1, -0.05) is 6.92 Å². The van der Waals surface area contributed by atoms with E-state index in [4.69, 9.17) is 4.74 Å². The molecule has 0 aliphatic rings. The van der Waals surface area contributed by atoms with E-state index in [1.54, 1.807) is 32.8 Å². The summed E-state index contributed by atoms with van der Waals surface area (Å²) < 4.78 is 5.38. The van der Waals surface area contributed by atoms with Crippen LogP contribution in [0.15, 0.2) is 0 Å². The maximum atomic E-state index is 11.6. The van der Waals surface area contributed by atoms with Crippen molar-refractivity contribution in [2.75, 3.05) is 32.5 Å². The number of amides is 2. The van der Waals surface area contributed by atoms with Crippen LogP contribution in [0.2, 0.25) is 0 Å². The van der Waals surface area contributed by atoms with Crippen molar-refractivity contribution in [2.24, 2.45) is 0 Å². The van der Waals surface area contributed by atoms with Gasteiger partial charge in [0.05, 0.1) is 24.5 Å². The van der Waals surface area contributed by atoms with Gasteiger partial charge in [0.15, 0.2) is 0 Å². The minimum absolute atomic E-state index is 0.0122. The van der Waals surface area contributed by atoms with Gasteiger partial charge in [-0.3, -0.25) is 9.59 Å². The van der Waals surface area contributed by atoms with Crippen LogP contribution in [0.3, 0.4) is 0 Å². The van der Waals surface area contributed by atoms with Crippen LogP contribution in [0.1, 0.15) is 27.2 Å². The molecular formula is C13H26N2O4S. The fraction of sp³-hybridized carbons (Fsp3) is 0.846. The maximum Gasteiger partial charge on any atom is 0.224 e. The van der Waals surface area contributed by atoms with Gasteiger partial charge >= 0.3 is 0 Å². The second-order valence-corrected chi connectivity index (χ2v) is 5.95. The number of aliphatic hydroxyl groups is 1. The van der Waals surface area contributed by atoms with E-state index in [2.05, 4.69) is 0 Å². The van der Waals surface area contributed by atoms with Crippen LogP contribution in [0.5, 0.6) is 0 Å². The molecule has 0 saturated carbocycles. The number of nitrogens with zero attached hydrogens (tertiary/aromatic N) is 2. The van der Waals surface area contributed by atoms with Crippen LogP contribution in [0.4, 0.5) is 0 Å². The van der Waals surface area contributed by atoms with Crippen molar-refractivity contribution >= 4 is 23.6 Å². The Kier molecular flexibility index (Phi) is 9.62. The van der Waals surface area contributed by atoms with E-state index in [0.29, 0.717) is 5.94 Å². The minimum atomic E-state index is -0.906. The smallest absolute Gasteiger partial charge is 0.224 e. The second kappa shape index (κ2) is 10.0. The number of aliphatic hydroxyl groups excluding tert-OH is 1. The number of carbonyl (C=O) groups excluding carboxylic acids is 2. The molecule has 0 fully saturated rings. The van der Waals surface area contributed by atoms with Crippen LogP contribution in [-0.4, -0.2) is 71.4 Å². The molecule has 2 amide bonds. The summed E-state index contributed by atoms with van der Waals surface area (Å²) in [5.41, 5.74) is 0. The van der Waals surface area contributed by atoms with Gasteiger partial charge in [-0.25, -0.2) is 0 Å². The van der Waals surface area contributed by atoms with Crippen molar-refractivity contribution < 1.29 is 19.4 Å². The number of hydrogen-bond donors (Lipinski definition) is 1. The van der Waals surface area contributed by atoms with Gasteiger partial charge in [-0.2, -0.15) is 0 Å². The molecule has 20 heavy (non-hydrogen) atoms. The van der Waals surface area contributed by atoms with E-state index in [0.717, 1.165) is 5.75 Å². The molecule has 7 heteroatoms. The lowest BCUT2D eigenvalue weighted by Gasteiger charge is -2.31. The van der Waals surface area contributed by atoms with E-state index in [9.17, 15) is 14.7 Å². The molecule has 1 N–H and O–H groups in total. The molecule has 0 saturated heterocycles. The van der Waals surface area contributed by atoms with Crippen molar-refractivity contribution in [2.45, 2.75) is 39.3 Å². The monoisotopic (exact) mass is 306 g/mol. The number of hydrogen-bond acceptors (Lipinski definition) is 5. The quantitative estimate of drug-likeness (QED) is 0.503. The Morgan fingerprint density at radius 1 is 1.35 bits per heavy atom. The molecule has 2 atom stereocenters. The summed E-state index contributed by atoms with van der Waals surface area (Å²) in [6.45, 7) is 5.28. The van der Waals surface area contributed by atoms with Gasteiger partial charge in [0.1, 0.15) is 6.73 Å². The Morgan fingerprint density at radius 2 is 1.95 bits per heavy atom. The zero-order chi connectivity index (χ0) is 15.7. The van der Waals surface area contributed by atoms with Crippen LogP contribution < -0.4 is 0 Å². The normalized spacial score (nSPS) is 13.7. The molecule has 0 aromatic carbocycles. The highest BCUT2D eigenvalue weighted by molar-refractivity contribution is 7.99. The fourth-order valence-electron chi connectivity index (χ4n) is 1.51. The molecule has 0 heterocycles. The highest BCUT2D eigenvalue weighted by Gasteiger charge is 2.26. The zero-order valence-corrected chi connectivity index (χ0v) is 13.8. The van der Waals surface area contributed by atoms with E-state index in [1.807, 2.05) is 6.92 Å². The molecule has 0 aromatic rings. The topological polar surface area (TPSA) is 70.1 Å². The molecule has 0 rings (SSSR count). The molecule has 0 aliphatic heterocycles. The summed E-state index contributed by atoms with van der Waals surface area (Å²) in [6.07, 6.45) is -0.919. The maximum absolute atomic E-state index is 11.6. The number of thioether (sulfide) groups is 1.